The summed E-state index contributed by atoms with van der Waals surface area (Å²) in [6.45, 7) is 4.22. The van der Waals surface area contributed by atoms with Gasteiger partial charge in [-0.2, -0.15) is 32.1 Å². The van der Waals surface area contributed by atoms with Gasteiger partial charge in [0.25, 0.3) is 5.91 Å². The van der Waals surface area contributed by atoms with Gasteiger partial charge in [0, 0.05) is 63.2 Å². The van der Waals surface area contributed by atoms with Crippen molar-refractivity contribution in [2.24, 2.45) is 7.05 Å². The fourth-order valence-corrected chi connectivity index (χ4v) is 4.53. The van der Waals surface area contributed by atoms with E-state index in [1.165, 1.54) is 17.0 Å². The maximum Gasteiger partial charge on any atom is 0.459 e. The summed E-state index contributed by atoms with van der Waals surface area (Å²) in [5.74, 6) is -6.53. The number of carbonyl (C=O) groups excluding carboxylic acids is 1. The van der Waals surface area contributed by atoms with E-state index >= 15 is 0 Å². The average Bonchev–Trinajstić information content (AvgIpc) is 3.45. The molecular formula is C25H23F6N7O. The topological polar surface area (TPSA) is 71.6 Å². The number of nitrogens with zero attached hydrogens (tertiary/aromatic N) is 7. The summed E-state index contributed by atoms with van der Waals surface area (Å²) in [6.07, 6.45) is -4.01. The van der Waals surface area contributed by atoms with Gasteiger partial charge in [0.1, 0.15) is 11.5 Å². The zero-order valence-corrected chi connectivity index (χ0v) is 20.9. The molecule has 1 fully saturated rings. The van der Waals surface area contributed by atoms with Crippen molar-refractivity contribution in [3.8, 4) is 11.3 Å². The van der Waals surface area contributed by atoms with E-state index in [4.69, 9.17) is 0 Å². The Kier molecular flexibility index (Phi) is 6.61. The molecule has 1 aliphatic rings. The number of benzene rings is 1. The summed E-state index contributed by atoms with van der Waals surface area (Å²) >= 11 is 0. The van der Waals surface area contributed by atoms with Crippen molar-refractivity contribution >= 4 is 11.6 Å². The van der Waals surface area contributed by atoms with Crippen LogP contribution in [0, 0.1) is 12.7 Å². The number of aryl methyl sites for hydroxylation is 2. The van der Waals surface area contributed by atoms with Gasteiger partial charge in [-0.25, -0.2) is 13.9 Å². The molecule has 1 amide bonds. The number of alkyl halides is 5. The number of aromatic nitrogens is 5. The molecule has 39 heavy (non-hydrogen) atoms. The number of piperazine rings is 1. The standard InChI is InChI=1S/C25H23F6N7O/c1-15-17(13-35(2)33-15)14-36-7-9-37(10-8-36)23(39)20-12-22-32-19(16-3-5-18(26)6-4-16)11-21(38(22)34-20)24(27,28)25(29,30)31/h3-6,11-13H,7-10,14H2,1-2H3. The molecule has 14 heteroatoms. The highest BCUT2D eigenvalue weighted by Crippen LogP contribution is 2.44. The minimum atomic E-state index is -5.93. The molecular weight excluding hydrogens is 528 g/mol. The van der Waals surface area contributed by atoms with Crippen LogP contribution in [0.2, 0.25) is 0 Å². The minimum Gasteiger partial charge on any atom is -0.335 e. The molecule has 1 aliphatic heterocycles. The Balaban J connectivity index is 1.43. The zero-order valence-electron chi connectivity index (χ0n) is 20.9. The Labute approximate surface area is 218 Å². The SMILES string of the molecule is Cc1nn(C)cc1CN1CCN(C(=O)c2cc3nc(-c4ccc(F)cc4)cc(C(F)(F)C(F)(F)F)n3n2)CC1. The van der Waals surface area contributed by atoms with E-state index in [0.717, 1.165) is 29.5 Å². The van der Waals surface area contributed by atoms with Crippen molar-refractivity contribution in [1.82, 2.24) is 34.2 Å². The number of amides is 1. The molecule has 1 aromatic carbocycles. The first kappa shape index (κ1) is 26.7. The second-order valence-electron chi connectivity index (χ2n) is 9.39. The van der Waals surface area contributed by atoms with Crippen molar-refractivity contribution in [3.63, 3.8) is 0 Å². The van der Waals surface area contributed by atoms with E-state index < -0.39 is 29.5 Å². The lowest BCUT2D eigenvalue weighted by Gasteiger charge is -2.34. The molecule has 8 nitrogen and oxygen atoms in total. The fourth-order valence-electron chi connectivity index (χ4n) is 4.53. The Morgan fingerprint density at radius 3 is 2.23 bits per heavy atom. The smallest absolute Gasteiger partial charge is 0.335 e. The van der Waals surface area contributed by atoms with Crippen LogP contribution in [0.5, 0.6) is 0 Å². The molecule has 5 rings (SSSR count). The molecule has 206 valence electrons. The summed E-state index contributed by atoms with van der Waals surface area (Å²) in [6, 6.07) is 6.11. The van der Waals surface area contributed by atoms with Gasteiger partial charge in [-0.15, -0.1) is 0 Å². The van der Waals surface area contributed by atoms with E-state index in [2.05, 4.69) is 20.1 Å². The number of carbonyl (C=O) groups is 1. The first-order valence-electron chi connectivity index (χ1n) is 12.0. The van der Waals surface area contributed by atoms with E-state index in [1.54, 1.807) is 4.68 Å². The first-order valence-corrected chi connectivity index (χ1v) is 12.0. The molecule has 0 radical (unpaired) electrons. The van der Waals surface area contributed by atoms with E-state index in [0.29, 0.717) is 43.3 Å². The highest BCUT2D eigenvalue weighted by molar-refractivity contribution is 5.93. The lowest BCUT2D eigenvalue weighted by Crippen LogP contribution is -2.48. The third-order valence-corrected chi connectivity index (χ3v) is 6.63. The third-order valence-electron chi connectivity index (χ3n) is 6.63. The van der Waals surface area contributed by atoms with E-state index in [-0.39, 0.29) is 22.6 Å². The number of halogens is 6. The van der Waals surface area contributed by atoms with Crippen LogP contribution in [0.25, 0.3) is 16.9 Å². The Morgan fingerprint density at radius 2 is 1.64 bits per heavy atom. The van der Waals surface area contributed by atoms with Crippen LogP contribution in [-0.2, 0) is 19.5 Å². The number of rotatable bonds is 5. The lowest BCUT2D eigenvalue weighted by atomic mass is 10.1. The third kappa shape index (κ3) is 5.07. The Morgan fingerprint density at radius 1 is 0.974 bits per heavy atom. The van der Waals surface area contributed by atoms with Crippen molar-refractivity contribution in [1.29, 1.82) is 0 Å². The zero-order chi connectivity index (χ0) is 28.1. The lowest BCUT2D eigenvalue weighted by molar-refractivity contribution is -0.291. The molecule has 0 atom stereocenters. The van der Waals surface area contributed by atoms with Gasteiger partial charge in [0.15, 0.2) is 11.3 Å². The summed E-state index contributed by atoms with van der Waals surface area (Å²) in [5.41, 5.74) is -0.361. The van der Waals surface area contributed by atoms with Crippen molar-refractivity contribution in [3.05, 3.63) is 71.1 Å². The van der Waals surface area contributed by atoms with E-state index in [9.17, 15) is 31.1 Å². The molecule has 0 saturated carbocycles. The van der Waals surface area contributed by atoms with Crippen LogP contribution in [0.1, 0.15) is 27.4 Å². The average molecular weight is 551 g/mol. The molecule has 0 unspecified atom stereocenters. The van der Waals surface area contributed by atoms with Crippen LogP contribution in [0.3, 0.4) is 0 Å². The summed E-state index contributed by atoms with van der Waals surface area (Å²) in [7, 11) is 1.83. The van der Waals surface area contributed by atoms with Crippen LogP contribution >= 0.6 is 0 Å². The Bertz CT molecular complexity index is 1520. The molecule has 4 aromatic rings. The van der Waals surface area contributed by atoms with Crippen molar-refractivity contribution < 1.29 is 31.1 Å². The van der Waals surface area contributed by atoms with Crippen molar-refractivity contribution in [2.75, 3.05) is 26.2 Å². The first-order chi connectivity index (χ1) is 18.3. The molecule has 0 bridgehead atoms. The highest BCUT2D eigenvalue weighted by Gasteiger charge is 2.60. The van der Waals surface area contributed by atoms with Crippen LogP contribution < -0.4 is 0 Å². The van der Waals surface area contributed by atoms with Crippen LogP contribution in [-0.4, -0.2) is 72.4 Å². The molecule has 0 aliphatic carbocycles. The Hall–Kier alpha value is -3.94. The van der Waals surface area contributed by atoms with Gasteiger partial charge in [-0.1, -0.05) is 0 Å². The highest BCUT2D eigenvalue weighted by atomic mass is 19.4. The van der Waals surface area contributed by atoms with Crippen LogP contribution in [0.4, 0.5) is 26.3 Å². The number of hydrogen-bond donors (Lipinski definition) is 0. The van der Waals surface area contributed by atoms with Crippen molar-refractivity contribution in [2.45, 2.75) is 25.6 Å². The fraction of sp³-hybridized carbons (Fsp3) is 0.360. The van der Waals surface area contributed by atoms with E-state index in [1.807, 2.05) is 20.2 Å². The van der Waals surface area contributed by atoms with Gasteiger partial charge in [-0.3, -0.25) is 14.4 Å². The van der Waals surface area contributed by atoms with Gasteiger partial charge in [0.05, 0.1) is 11.4 Å². The second-order valence-corrected chi connectivity index (χ2v) is 9.39. The van der Waals surface area contributed by atoms with Gasteiger partial charge < -0.3 is 4.90 Å². The van der Waals surface area contributed by atoms with Gasteiger partial charge in [0.2, 0.25) is 0 Å². The summed E-state index contributed by atoms with van der Waals surface area (Å²) in [5, 5.41) is 8.13. The normalized spacial score (nSPS) is 15.3. The molecule has 3 aromatic heterocycles. The quantitative estimate of drug-likeness (QED) is 0.348. The predicted octanol–water partition coefficient (Wildman–Crippen LogP) is 4.19. The largest absolute Gasteiger partial charge is 0.459 e. The molecule has 1 saturated heterocycles. The molecule has 0 N–H and O–H groups in total. The molecule has 0 spiro atoms. The summed E-state index contributed by atoms with van der Waals surface area (Å²) in [4.78, 5) is 20.9. The monoisotopic (exact) mass is 551 g/mol. The number of hydrogen-bond acceptors (Lipinski definition) is 5. The maximum atomic E-state index is 14.6. The molecule has 4 heterocycles. The minimum absolute atomic E-state index is 0.118. The predicted molar refractivity (Wildman–Crippen MR) is 127 cm³/mol. The van der Waals surface area contributed by atoms with Gasteiger partial charge >= 0.3 is 12.1 Å². The number of fused-ring (bicyclic) bond motifs is 1. The maximum absolute atomic E-state index is 14.6. The van der Waals surface area contributed by atoms with Crippen LogP contribution in [0.15, 0.2) is 42.6 Å². The summed E-state index contributed by atoms with van der Waals surface area (Å²) < 4.78 is 84.7. The van der Waals surface area contributed by atoms with Gasteiger partial charge in [-0.05, 0) is 37.3 Å². The second kappa shape index (κ2) is 9.67.